The van der Waals surface area contributed by atoms with Gasteiger partial charge in [-0.15, -0.1) is 10.2 Å². The zero-order chi connectivity index (χ0) is 28.3. The van der Waals surface area contributed by atoms with E-state index in [1.54, 1.807) is 0 Å². The Labute approximate surface area is 218 Å². The van der Waals surface area contributed by atoms with Crippen molar-refractivity contribution in [2.45, 2.75) is 9.79 Å². The lowest BCUT2D eigenvalue weighted by Crippen LogP contribution is -2.38. The average Bonchev–Trinajstić information content (AvgIpc) is 3.29. The van der Waals surface area contributed by atoms with E-state index in [0.717, 1.165) is 6.07 Å². The van der Waals surface area contributed by atoms with E-state index in [9.17, 15) is 26.4 Å². The first-order valence-corrected chi connectivity index (χ1v) is 14.1. The summed E-state index contributed by atoms with van der Waals surface area (Å²) in [4.78, 5) is 23.1. The maximum atomic E-state index is 13.0. The molecule has 0 radical (unpaired) electrons. The number of nitrogens with one attached hydrogen (secondary N) is 4. The maximum Gasteiger partial charge on any atom is 0.240 e. The SMILES string of the molecule is CN1NN=C(c2c(-c3cccc(NC(=O)CN)c3NC(=O)CN)ccc(S(=O)(=O)CCN)c2S(N)(=O)=O)N1. The van der Waals surface area contributed by atoms with Crippen LogP contribution in [0.4, 0.5) is 11.4 Å². The molecule has 2 aromatic carbocycles. The fourth-order valence-electron chi connectivity index (χ4n) is 3.67. The summed E-state index contributed by atoms with van der Waals surface area (Å²) in [6.07, 6.45) is 0. The van der Waals surface area contributed by atoms with Crippen molar-refractivity contribution < 1.29 is 26.4 Å². The predicted molar refractivity (Wildman–Crippen MR) is 140 cm³/mol. The number of sulfone groups is 1. The lowest BCUT2D eigenvalue weighted by molar-refractivity contribution is -0.115. The van der Waals surface area contributed by atoms with Crippen LogP contribution in [0, 0.1) is 0 Å². The number of amides is 2. The minimum atomic E-state index is -4.71. The molecule has 0 unspecified atom stereocenters. The molecule has 0 bridgehead atoms. The van der Waals surface area contributed by atoms with Crippen molar-refractivity contribution in [2.24, 2.45) is 27.4 Å². The summed E-state index contributed by atoms with van der Waals surface area (Å²) in [5.74, 6) is -1.85. The van der Waals surface area contributed by atoms with Crippen molar-refractivity contribution in [1.29, 1.82) is 0 Å². The van der Waals surface area contributed by atoms with Crippen LogP contribution in [0.15, 0.2) is 45.2 Å². The zero-order valence-corrected chi connectivity index (χ0v) is 21.8. The van der Waals surface area contributed by atoms with Crippen molar-refractivity contribution in [3.05, 3.63) is 35.9 Å². The quantitative estimate of drug-likeness (QED) is 0.144. The van der Waals surface area contributed by atoms with Gasteiger partial charge in [0.1, 0.15) is 4.90 Å². The van der Waals surface area contributed by atoms with Gasteiger partial charge in [0.2, 0.25) is 21.8 Å². The molecule has 0 saturated heterocycles. The van der Waals surface area contributed by atoms with Gasteiger partial charge >= 0.3 is 0 Å². The first kappa shape index (κ1) is 28.9. The average molecular weight is 569 g/mol. The van der Waals surface area contributed by atoms with Gasteiger partial charge in [-0.1, -0.05) is 18.2 Å². The summed E-state index contributed by atoms with van der Waals surface area (Å²) in [5, 5.41) is 16.0. The van der Waals surface area contributed by atoms with Crippen LogP contribution in [0.5, 0.6) is 0 Å². The fourth-order valence-corrected chi connectivity index (χ4v) is 6.43. The molecule has 0 aromatic heterocycles. The topological polar surface area (TPSA) is 270 Å². The first-order chi connectivity index (χ1) is 17.8. The number of benzene rings is 2. The summed E-state index contributed by atoms with van der Waals surface area (Å²) in [7, 11) is -7.39. The number of carbonyl (C=O) groups is 2. The van der Waals surface area contributed by atoms with Gasteiger partial charge in [-0.25, -0.2) is 27.5 Å². The number of rotatable bonds is 10. The molecule has 0 fully saturated rings. The molecule has 0 spiro atoms. The highest BCUT2D eigenvalue weighted by Crippen LogP contribution is 2.40. The van der Waals surface area contributed by atoms with E-state index >= 15 is 0 Å². The van der Waals surface area contributed by atoms with Crippen LogP contribution < -0.4 is 43.9 Å². The molecule has 0 atom stereocenters. The molecule has 0 aliphatic carbocycles. The lowest BCUT2D eigenvalue weighted by Gasteiger charge is -2.21. The summed E-state index contributed by atoms with van der Waals surface area (Å²) < 4.78 is 51.9. The third kappa shape index (κ3) is 6.07. The van der Waals surface area contributed by atoms with Gasteiger partial charge in [-0.2, -0.15) is 0 Å². The molecule has 1 aliphatic heterocycles. The largest absolute Gasteiger partial charge is 0.329 e. The molecule has 2 aromatic rings. The second-order valence-corrected chi connectivity index (χ2v) is 11.5. The predicted octanol–water partition coefficient (Wildman–Crippen LogP) is -2.86. The zero-order valence-electron chi connectivity index (χ0n) is 20.2. The second kappa shape index (κ2) is 11.4. The van der Waals surface area contributed by atoms with Gasteiger partial charge < -0.3 is 27.8 Å². The van der Waals surface area contributed by atoms with Gasteiger partial charge in [0.05, 0.1) is 35.1 Å². The molecular weight excluding hydrogens is 540 g/mol. The number of para-hydroxylation sites is 1. The monoisotopic (exact) mass is 568 g/mol. The first-order valence-electron chi connectivity index (χ1n) is 10.9. The highest BCUT2D eigenvalue weighted by atomic mass is 32.2. The van der Waals surface area contributed by atoms with Gasteiger partial charge in [0, 0.05) is 24.7 Å². The van der Waals surface area contributed by atoms with Crippen LogP contribution in [0.2, 0.25) is 0 Å². The number of nitrogens with zero attached hydrogens (tertiary/aromatic N) is 2. The van der Waals surface area contributed by atoms with Crippen LogP contribution in [0.25, 0.3) is 11.1 Å². The van der Waals surface area contributed by atoms with Gasteiger partial charge in [0.25, 0.3) is 0 Å². The smallest absolute Gasteiger partial charge is 0.240 e. The summed E-state index contributed by atoms with van der Waals surface area (Å²) in [6, 6.07) is 6.92. The van der Waals surface area contributed by atoms with Crippen molar-refractivity contribution in [1.82, 2.24) is 16.1 Å². The Kier molecular flexibility index (Phi) is 8.67. The van der Waals surface area contributed by atoms with Crippen LogP contribution in [0.3, 0.4) is 0 Å². The third-order valence-corrected chi connectivity index (χ3v) is 8.12. The Morgan fingerprint density at radius 3 is 2.18 bits per heavy atom. The van der Waals surface area contributed by atoms with Crippen molar-refractivity contribution in [3.63, 3.8) is 0 Å². The number of hydrazone groups is 1. The van der Waals surface area contributed by atoms with Crippen LogP contribution in [0.1, 0.15) is 5.56 Å². The van der Waals surface area contributed by atoms with E-state index in [2.05, 4.69) is 26.7 Å². The highest BCUT2D eigenvalue weighted by molar-refractivity contribution is 7.93. The summed E-state index contributed by atoms with van der Waals surface area (Å²) >= 11 is 0. The van der Waals surface area contributed by atoms with Crippen molar-refractivity contribution >= 4 is 48.9 Å². The molecule has 3 rings (SSSR count). The van der Waals surface area contributed by atoms with E-state index in [-0.39, 0.29) is 47.0 Å². The molecule has 0 saturated carbocycles. The minimum absolute atomic E-state index is 0.0452. The standard InChI is InChI=1S/C20H28N10O6S2/c1-30-28-20(27-29-30)17-11(5-6-14(19(17)38(24,35)36)37(33,34)8-7-21)12-3-2-4-13(25-15(31)9-22)18(12)26-16(32)10-23/h2-6,29H,7-10,21-23H2,1H3,(H,25,31)(H,26,32)(H,27,28)(H2,24,35,36). The molecule has 1 heterocycles. The Balaban J connectivity index is 2.47. The van der Waals surface area contributed by atoms with E-state index in [0.29, 0.717) is 0 Å². The highest BCUT2D eigenvalue weighted by Gasteiger charge is 2.34. The molecular formula is C20H28N10O6S2. The van der Waals surface area contributed by atoms with Gasteiger partial charge in [0.15, 0.2) is 15.7 Å². The van der Waals surface area contributed by atoms with E-state index in [1.165, 1.54) is 36.4 Å². The number of primary sulfonamides is 1. The fraction of sp³-hybridized carbons (Fsp3) is 0.250. The van der Waals surface area contributed by atoms with Gasteiger partial charge in [-0.05, 0) is 17.7 Å². The number of carbonyl (C=O) groups excluding carboxylic acids is 2. The number of hydrogen-bond donors (Lipinski definition) is 8. The van der Waals surface area contributed by atoms with E-state index in [4.69, 9.17) is 22.3 Å². The normalized spacial score (nSPS) is 13.9. The number of amidine groups is 1. The summed E-state index contributed by atoms with van der Waals surface area (Å²) in [6.45, 7) is -1.04. The molecule has 38 heavy (non-hydrogen) atoms. The van der Waals surface area contributed by atoms with Crippen molar-refractivity contribution in [2.75, 3.05) is 43.1 Å². The number of sulfonamides is 1. The second-order valence-electron chi connectivity index (χ2n) is 7.93. The van der Waals surface area contributed by atoms with Crippen LogP contribution >= 0.6 is 0 Å². The lowest BCUT2D eigenvalue weighted by atomic mass is 9.96. The molecule has 18 heteroatoms. The number of hydrazine groups is 2. The molecule has 12 N–H and O–H groups in total. The Hall–Kier alpha value is -3.65. The van der Waals surface area contributed by atoms with E-state index < -0.39 is 53.8 Å². The van der Waals surface area contributed by atoms with Gasteiger partial charge in [-0.3, -0.25) is 15.0 Å². The molecule has 2 amide bonds. The molecule has 16 nitrogen and oxygen atoms in total. The summed E-state index contributed by atoms with van der Waals surface area (Å²) in [5.41, 5.74) is 21.9. The maximum absolute atomic E-state index is 13.0. The minimum Gasteiger partial charge on any atom is -0.329 e. The Morgan fingerprint density at radius 2 is 1.63 bits per heavy atom. The Bertz CT molecular complexity index is 1510. The van der Waals surface area contributed by atoms with E-state index in [1.807, 2.05) is 0 Å². The number of hydrogen-bond acceptors (Lipinski definition) is 13. The Morgan fingerprint density at radius 1 is 0.974 bits per heavy atom. The third-order valence-electron chi connectivity index (χ3n) is 5.21. The molecule has 1 aliphatic rings. The van der Waals surface area contributed by atoms with Crippen LogP contribution in [-0.4, -0.2) is 72.0 Å². The molecule has 206 valence electrons. The van der Waals surface area contributed by atoms with Crippen molar-refractivity contribution in [3.8, 4) is 11.1 Å². The number of anilines is 2. The number of nitrogens with two attached hydrogens (primary N) is 4. The van der Waals surface area contributed by atoms with Crippen LogP contribution in [-0.2, 0) is 29.4 Å².